The van der Waals surface area contributed by atoms with Gasteiger partial charge >= 0.3 is 0 Å². The highest BCUT2D eigenvalue weighted by Crippen LogP contribution is 2.47. The summed E-state index contributed by atoms with van der Waals surface area (Å²) < 4.78 is 33.1. The van der Waals surface area contributed by atoms with Crippen LogP contribution in [0.2, 0.25) is 0 Å². The van der Waals surface area contributed by atoms with Gasteiger partial charge in [-0.3, -0.25) is 4.79 Å². The van der Waals surface area contributed by atoms with Crippen LogP contribution >= 0.6 is 0 Å². The molecule has 1 aromatic heterocycles. The van der Waals surface area contributed by atoms with Crippen LogP contribution in [-0.4, -0.2) is 134 Å². The van der Waals surface area contributed by atoms with Crippen molar-refractivity contribution in [1.29, 1.82) is 0 Å². The summed E-state index contributed by atoms with van der Waals surface area (Å²) in [6, 6.07) is 4.74. The number of phenols is 2. The first kappa shape index (κ1) is 33.6. The van der Waals surface area contributed by atoms with Crippen LogP contribution in [0.1, 0.15) is 11.7 Å². The lowest BCUT2D eigenvalue weighted by molar-refractivity contribution is -0.278. The topological polar surface area (TPSA) is 279 Å². The molecule has 10 N–H and O–H groups in total. The van der Waals surface area contributed by atoms with Gasteiger partial charge < -0.3 is 79.2 Å². The predicted octanol–water partition coefficient (Wildman–Crippen LogP) is -2.42. The molecule has 10 atom stereocenters. The molecule has 17 heteroatoms. The van der Waals surface area contributed by atoms with E-state index < -0.39 is 102 Å². The van der Waals surface area contributed by atoms with Crippen LogP contribution in [-0.2, 0) is 9.47 Å². The molecular weight excluding hydrogens is 620 g/mol. The van der Waals surface area contributed by atoms with Gasteiger partial charge in [0, 0.05) is 17.7 Å². The number of ether oxygens (including phenoxy) is 5. The number of fused-ring (bicyclic) bond motifs is 1. The standard InChI is InChI=1S/C29H34O17/c1-41-14-3-9(4-15(42-2)20(14)33)11-5-10(32)18-12(43-11)6-13(45-29-27(40)25(38)22(35)17(8-31)46-29)19(23(18)36)28-26(39)24(37)21(34)16(7-30)44-28/h3-6,16-17,21-22,24-31,33-40H,7-8H2,1-2H3/t16-,17-,21-,22-,24+,25+,26-,27-,28+,29-/m1/s1. The van der Waals surface area contributed by atoms with Crippen molar-refractivity contribution in [2.24, 2.45) is 0 Å². The monoisotopic (exact) mass is 654 g/mol. The lowest BCUT2D eigenvalue weighted by atomic mass is 9.89. The highest BCUT2D eigenvalue weighted by molar-refractivity contribution is 5.88. The lowest BCUT2D eigenvalue weighted by Crippen LogP contribution is -2.60. The first-order valence-corrected chi connectivity index (χ1v) is 13.9. The molecule has 0 aliphatic carbocycles. The molecule has 2 aliphatic heterocycles. The fourth-order valence-electron chi connectivity index (χ4n) is 5.48. The zero-order chi connectivity index (χ0) is 33.6. The van der Waals surface area contributed by atoms with E-state index in [2.05, 4.69) is 0 Å². The van der Waals surface area contributed by atoms with Gasteiger partial charge in [-0.05, 0) is 12.1 Å². The van der Waals surface area contributed by atoms with Crippen molar-refractivity contribution in [2.45, 2.75) is 61.2 Å². The average molecular weight is 655 g/mol. The minimum absolute atomic E-state index is 0.0236. The molecule has 5 rings (SSSR count). The molecule has 0 saturated carbocycles. The maximum Gasteiger partial charge on any atom is 0.229 e. The summed E-state index contributed by atoms with van der Waals surface area (Å²) in [6.07, 6.45) is -17.7. The van der Waals surface area contributed by atoms with E-state index in [9.17, 15) is 55.9 Å². The van der Waals surface area contributed by atoms with Gasteiger partial charge in [-0.1, -0.05) is 0 Å². The first-order valence-electron chi connectivity index (χ1n) is 13.9. The van der Waals surface area contributed by atoms with Crippen LogP contribution in [0, 0.1) is 0 Å². The van der Waals surface area contributed by atoms with Crippen LogP contribution in [0.15, 0.2) is 33.5 Å². The van der Waals surface area contributed by atoms with E-state index in [-0.39, 0.29) is 34.2 Å². The van der Waals surface area contributed by atoms with Gasteiger partial charge in [-0.15, -0.1) is 0 Å². The molecule has 17 nitrogen and oxygen atoms in total. The van der Waals surface area contributed by atoms with E-state index in [1.54, 1.807) is 0 Å². The molecule has 2 aromatic carbocycles. The zero-order valence-electron chi connectivity index (χ0n) is 24.3. The highest BCUT2D eigenvalue weighted by Gasteiger charge is 2.48. The molecular formula is C29H34O17. The van der Waals surface area contributed by atoms with Gasteiger partial charge in [0.2, 0.25) is 12.0 Å². The third kappa shape index (κ3) is 5.71. The van der Waals surface area contributed by atoms with Crippen molar-refractivity contribution in [3.05, 3.63) is 40.1 Å². The Bertz CT molecular complexity index is 1590. The first-order chi connectivity index (χ1) is 21.9. The van der Waals surface area contributed by atoms with Crippen molar-refractivity contribution >= 4 is 11.0 Å². The number of hydrogen-bond donors (Lipinski definition) is 10. The quantitative estimate of drug-likeness (QED) is 0.121. The molecule has 252 valence electrons. The number of aliphatic hydroxyl groups excluding tert-OH is 8. The Hall–Kier alpha value is -3.75. The van der Waals surface area contributed by atoms with Gasteiger partial charge in [0.15, 0.2) is 16.9 Å². The van der Waals surface area contributed by atoms with E-state index in [1.807, 2.05) is 0 Å². The van der Waals surface area contributed by atoms with Crippen LogP contribution in [0.25, 0.3) is 22.3 Å². The Kier molecular flexibility index (Phi) is 9.62. The third-order valence-electron chi connectivity index (χ3n) is 8.03. The summed E-state index contributed by atoms with van der Waals surface area (Å²) >= 11 is 0. The van der Waals surface area contributed by atoms with Crippen molar-refractivity contribution in [1.82, 2.24) is 0 Å². The van der Waals surface area contributed by atoms with E-state index in [1.165, 1.54) is 26.4 Å². The second-order valence-corrected chi connectivity index (χ2v) is 10.8. The van der Waals surface area contributed by atoms with E-state index in [0.717, 1.165) is 12.1 Å². The third-order valence-corrected chi connectivity index (χ3v) is 8.03. The number of phenolic OH excluding ortho intramolecular Hbond substituents is 2. The van der Waals surface area contributed by atoms with E-state index >= 15 is 0 Å². The molecule has 0 radical (unpaired) electrons. The van der Waals surface area contributed by atoms with Crippen molar-refractivity contribution < 1.29 is 79.2 Å². The molecule has 0 amide bonds. The van der Waals surface area contributed by atoms with Crippen LogP contribution in [0.5, 0.6) is 28.7 Å². The van der Waals surface area contributed by atoms with Gasteiger partial charge in [-0.2, -0.15) is 0 Å². The maximum atomic E-state index is 13.5. The summed E-state index contributed by atoms with van der Waals surface area (Å²) in [5, 5.41) is 103. The summed E-state index contributed by atoms with van der Waals surface area (Å²) in [5.41, 5.74) is -1.47. The second-order valence-electron chi connectivity index (χ2n) is 10.8. The number of methoxy groups -OCH3 is 2. The van der Waals surface area contributed by atoms with Crippen LogP contribution in [0.3, 0.4) is 0 Å². The molecule has 3 aromatic rings. The summed E-state index contributed by atoms with van der Waals surface area (Å²) in [4.78, 5) is 13.5. The molecule has 2 fully saturated rings. The Labute approximate surface area is 259 Å². The largest absolute Gasteiger partial charge is 0.506 e. The Morgan fingerprint density at radius 2 is 1.26 bits per heavy atom. The van der Waals surface area contributed by atoms with Gasteiger partial charge in [0.1, 0.15) is 83.2 Å². The van der Waals surface area contributed by atoms with Crippen LogP contribution in [0.4, 0.5) is 0 Å². The average Bonchev–Trinajstić information content (AvgIpc) is 3.04. The van der Waals surface area contributed by atoms with E-state index in [4.69, 9.17) is 28.1 Å². The Morgan fingerprint density at radius 1 is 0.696 bits per heavy atom. The summed E-state index contributed by atoms with van der Waals surface area (Å²) in [6.45, 7) is -1.63. The normalized spacial score (nSPS) is 31.5. The van der Waals surface area contributed by atoms with Gasteiger partial charge in [-0.25, -0.2) is 0 Å². The summed E-state index contributed by atoms with van der Waals surface area (Å²) in [7, 11) is 2.58. The molecule has 3 heterocycles. The number of aromatic hydroxyl groups is 2. The smallest absolute Gasteiger partial charge is 0.229 e. The van der Waals surface area contributed by atoms with Gasteiger partial charge in [0.05, 0.1) is 33.0 Å². The molecule has 2 aliphatic rings. The minimum atomic E-state index is -1.97. The molecule has 0 bridgehead atoms. The molecule has 2 saturated heterocycles. The van der Waals surface area contributed by atoms with Gasteiger partial charge in [0.25, 0.3) is 0 Å². The Balaban J connectivity index is 1.71. The lowest BCUT2D eigenvalue weighted by Gasteiger charge is -2.42. The fourth-order valence-corrected chi connectivity index (χ4v) is 5.48. The minimum Gasteiger partial charge on any atom is -0.506 e. The van der Waals surface area contributed by atoms with E-state index in [0.29, 0.717) is 0 Å². The highest BCUT2D eigenvalue weighted by atomic mass is 16.7. The molecule has 0 spiro atoms. The number of rotatable bonds is 8. The zero-order valence-corrected chi connectivity index (χ0v) is 24.3. The fraction of sp³-hybridized carbons (Fsp3) is 0.483. The number of aliphatic hydroxyl groups is 8. The van der Waals surface area contributed by atoms with Crippen LogP contribution < -0.4 is 19.6 Å². The SMILES string of the molecule is COc1cc(-c2cc(=O)c3c(O)c([C@@H]4O[C@H](CO)[C@@H](O)[C@H](O)[C@H]4O)c(O[C@@H]4O[C@H](CO)[C@@H](O)[C@H](O)[C@H]4O)cc3o2)cc(OC)c1O. The second kappa shape index (κ2) is 13.2. The number of benzene rings is 2. The molecule has 0 unspecified atom stereocenters. The van der Waals surface area contributed by atoms with Crippen molar-refractivity contribution in [3.8, 4) is 40.1 Å². The predicted molar refractivity (Wildman–Crippen MR) is 151 cm³/mol. The van der Waals surface area contributed by atoms with Crippen molar-refractivity contribution in [2.75, 3.05) is 27.4 Å². The Morgan fingerprint density at radius 3 is 1.83 bits per heavy atom. The number of hydrogen-bond acceptors (Lipinski definition) is 17. The molecule has 46 heavy (non-hydrogen) atoms. The maximum absolute atomic E-state index is 13.5. The summed E-state index contributed by atoms with van der Waals surface area (Å²) in [5.74, 6) is -1.86. The van der Waals surface area contributed by atoms with Crippen molar-refractivity contribution in [3.63, 3.8) is 0 Å².